The number of hydrogen-bond donors (Lipinski definition) is 1. The number of rotatable bonds is 6. The minimum absolute atomic E-state index is 0.153. The smallest absolute Gasteiger partial charge is 0.335 e. The second kappa shape index (κ2) is 9.85. The Morgan fingerprint density at radius 3 is 2.38 bits per heavy atom. The fourth-order valence-electron chi connectivity index (χ4n) is 4.57. The first-order chi connectivity index (χ1) is 17.9. The Morgan fingerprint density at radius 2 is 1.65 bits per heavy atom. The van der Waals surface area contributed by atoms with Gasteiger partial charge in [-0.25, -0.2) is 14.1 Å². The lowest BCUT2D eigenvalue weighted by Crippen LogP contribution is -2.54. The average Bonchev–Trinajstić information content (AvgIpc) is 3.25. The van der Waals surface area contributed by atoms with Crippen molar-refractivity contribution in [3.63, 3.8) is 0 Å². The molecule has 7 heteroatoms. The molecule has 6 nitrogen and oxygen atoms in total. The Hall–Kier alpha value is -4.52. The second-order valence-electron chi connectivity index (χ2n) is 9.18. The van der Waals surface area contributed by atoms with Crippen molar-refractivity contribution >= 4 is 40.5 Å². The van der Waals surface area contributed by atoms with E-state index in [1.54, 1.807) is 36.5 Å². The second-order valence-corrected chi connectivity index (χ2v) is 9.18. The van der Waals surface area contributed by atoms with Crippen molar-refractivity contribution in [2.75, 3.05) is 4.90 Å². The van der Waals surface area contributed by atoms with Gasteiger partial charge >= 0.3 is 6.03 Å². The molecule has 3 aromatic carbocycles. The van der Waals surface area contributed by atoms with Crippen LogP contribution in [0.25, 0.3) is 17.0 Å². The van der Waals surface area contributed by atoms with Gasteiger partial charge in [-0.3, -0.25) is 14.9 Å². The summed E-state index contributed by atoms with van der Waals surface area (Å²) in [6, 6.07) is 20.5. The summed E-state index contributed by atoms with van der Waals surface area (Å²) in [4.78, 5) is 39.8. The predicted molar refractivity (Wildman–Crippen MR) is 142 cm³/mol. The number of hydrogen-bond acceptors (Lipinski definition) is 3. The molecular formula is C30H26FN3O3. The maximum Gasteiger partial charge on any atom is 0.335 e. The number of aromatic nitrogens is 1. The van der Waals surface area contributed by atoms with Gasteiger partial charge in [0.25, 0.3) is 11.8 Å². The number of para-hydroxylation sites is 1. The highest BCUT2D eigenvalue weighted by atomic mass is 19.1. The molecule has 1 aromatic heterocycles. The van der Waals surface area contributed by atoms with Crippen LogP contribution in [0.5, 0.6) is 0 Å². The number of benzene rings is 3. The van der Waals surface area contributed by atoms with E-state index in [-0.39, 0.29) is 17.9 Å². The SMILES string of the molecule is CC[C@H](C)c1ccc(N2C(=O)NC(=O)/C(=C/c3cn(Cc4ccccc4F)c4ccccc34)C2=O)cc1. The number of carbonyl (C=O) groups excluding carboxylic acids is 3. The third-order valence-corrected chi connectivity index (χ3v) is 6.85. The first-order valence-electron chi connectivity index (χ1n) is 12.2. The fourth-order valence-corrected chi connectivity index (χ4v) is 4.57. The van der Waals surface area contributed by atoms with Crippen LogP contribution in [0.3, 0.4) is 0 Å². The number of halogens is 1. The number of nitrogens with zero attached hydrogens (tertiary/aromatic N) is 2. The largest absolute Gasteiger partial charge is 0.342 e. The lowest BCUT2D eigenvalue weighted by Gasteiger charge is -2.26. The first-order valence-corrected chi connectivity index (χ1v) is 12.2. The first kappa shape index (κ1) is 24.2. The predicted octanol–water partition coefficient (Wildman–Crippen LogP) is 6.01. The fraction of sp³-hybridized carbons (Fsp3) is 0.167. The van der Waals surface area contributed by atoms with Crippen LogP contribution in [0.4, 0.5) is 14.9 Å². The Morgan fingerprint density at radius 1 is 0.946 bits per heavy atom. The minimum atomic E-state index is -0.787. The van der Waals surface area contributed by atoms with Crippen LogP contribution in [-0.4, -0.2) is 22.4 Å². The number of urea groups is 1. The maximum atomic E-state index is 14.3. The van der Waals surface area contributed by atoms with Gasteiger partial charge in [-0.05, 0) is 48.2 Å². The zero-order chi connectivity index (χ0) is 26.1. The molecule has 1 saturated heterocycles. The number of nitrogens with one attached hydrogen (secondary N) is 1. The highest BCUT2D eigenvalue weighted by molar-refractivity contribution is 6.39. The molecule has 2 heterocycles. The van der Waals surface area contributed by atoms with Crippen LogP contribution in [-0.2, 0) is 16.1 Å². The number of amides is 4. The quantitative estimate of drug-likeness (QED) is 0.263. The van der Waals surface area contributed by atoms with Crippen molar-refractivity contribution in [3.8, 4) is 0 Å². The Balaban J connectivity index is 1.53. The molecule has 0 unspecified atom stereocenters. The van der Waals surface area contributed by atoms with Crippen LogP contribution >= 0.6 is 0 Å². The molecule has 1 aliphatic heterocycles. The molecule has 4 aromatic rings. The summed E-state index contributed by atoms with van der Waals surface area (Å²) < 4.78 is 16.2. The monoisotopic (exact) mass is 495 g/mol. The van der Waals surface area contributed by atoms with Crippen molar-refractivity contribution in [2.24, 2.45) is 0 Å². The van der Waals surface area contributed by atoms with Gasteiger partial charge in [0.05, 0.1) is 12.2 Å². The zero-order valence-electron chi connectivity index (χ0n) is 20.6. The highest BCUT2D eigenvalue weighted by Crippen LogP contribution is 2.28. The van der Waals surface area contributed by atoms with Crippen LogP contribution in [0.2, 0.25) is 0 Å². The summed E-state index contributed by atoms with van der Waals surface area (Å²) in [6.45, 7) is 4.48. The number of carbonyl (C=O) groups is 3. The molecule has 186 valence electrons. The molecule has 1 atom stereocenters. The lowest BCUT2D eigenvalue weighted by atomic mass is 9.98. The van der Waals surface area contributed by atoms with Gasteiger partial charge in [-0.2, -0.15) is 0 Å². The van der Waals surface area contributed by atoms with E-state index in [0.717, 1.165) is 27.8 Å². The van der Waals surface area contributed by atoms with Gasteiger partial charge in [0.2, 0.25) is 0 Å². The van der Waals surface area contributed by atoms with E-state index in [1.807, 2.05) is 41.0 Å². The van der Waals surface area contributed by atoms with E-state index in [4.69, 9.17) is 0 Å². The number of imide groups is 2. The van der Waals surface area contributed by atoms with Gasteiger partial charge < -0.3 is 4.57 Å². The topological polar surface area (TPSA) is 71.4 Å². The number of anilines is 1. The molecule has 1 aliphatic rings. The highest BCUT2D eigenvalue weighted by Gasteiger charge is 2.37. The Labute approximate surface area is 214 Å². The van der Waals surface area contributed by atoms with Crippen LogP contribution in [0, 0.1) is 5.82 Å². The summed E-state index contributed by atoms with van der Waals surface area (Å²) in [7, 11) is 0. The van der Waals surface area contributed by atoms with Gasteiger partial charge in [0, 0.05) is 28.2 Å². The third kappa shape index (κ3) is 4.56. The van der Waals surface area contributed by atoms with E-state index >= 15 is 0 Å². The molecule has 0 spiro atoms. The normalized spacial score (nSPS) is 15.9. The van der Waals surface area contributed by atoms with E-state index in [0.29, 0.717) is 22.7 Å². The van der Waals surface area contributed by atoms with Crippen molar-refractivity contribution in [1.82, 2.24) is 9.88 Å². The van der Waals surface area contributed by atoms with Gasteiger partial charge in [-0.1, -0.05) is 62.4 Å². The summed E-state index contributed by atoms with van der Waals surface area (Å²) in [6.07, 6.45) is 4.24. The van der Waals surface area contributed by atoms with Crippen LogP contribution < -0.4 is 10.2 Å². The molecule has 0 bridgehead atoms. The Bertz CT molecular complexity index is 1550. The van der Waals surface area contributed by atoms with E-state index in [2.05, 4.69) is 19.2 Å². The van der Waals surface area contributed by atoms with E-state index in [9.17, 15) is 18.8 Å². The summed E-state index contributed by atoms with van der Waals surface area (Å²) in [5.41, 5.74) is 3.30. The zero-order valence-corrected chi connectivity index (χ0v) is 20.6. The lowest BCUT2D eigenvalue weighted by molar-refractivity contribution is -0.122. The molecule has 1 fully saturated rings. The molecule has 0 saturated carbocycles. The summed E-state index contributed by atoms with van der Waals surface area (Å²) in [5, 5.41) is 3.08. The van der Waals surface area contributed by atoms with Crippen molar-refractivity contribution in [2.45, 2.75) is 32.7 Å². The molecule has 37 heavy (non-hydrogen) atoms. The van der Waals surface area contributed by atoms with Crippen molar-refractivity contribution < 1.29 is 18.8 Å². The maximum absolute atomic E-state index is 14.3. The Kier molecular flexibility index (Phi) is 6.44. The molecule has 0 aliphatic carbocycles. The van der Waals surface area contributed by atoms with E-state index in [1.165, 1.54) is 12.1 Å². The van der Waals surface area contributed by atoms with Gasteiger partial charge in [0.15, 0.2) is 0 Å². The van der Waals surface area contributed by atoms with Crippen LogP contribution in [0.15, 0.2) is 84.6 Å². The molecular weight excluding hydrogens is 469 g/mol. The van der Waals surface area contributed by atoms with Crippen LogP contribution in [0.1, 0.15) is 42.9 Å². The van der Waals surface area contributed by atoms with Crippen molar-refractivity contribution in [3.05, 3.63) is 107 Å². The number of barbiturate groups is 1. The molecule has 0 radical (unpaired) electrons. The summed E-state index contributed by atoms with van der Waals surface area (Å²) in [5.74, 6) is -1.42. The summed E-state index contributed by atoms with van der Waals surface area (Å²) >= 11 is 0. The molecule has 1 N–H and O–H groups in total. The minimum Gasteiger partial charge on any atom is -0.342 e. The molecule has 5 rings (SSSR count). The van der Waals surface area contributed by atoms with E-state index < -0.39 is 17.8 Å². The standard InChI is InChI=1S/C30H26FN3O3/c1-3-19(2)20-12-14-23(15-13-20)34-29(36)25(28(35)32-30(34)37)16-22-18-33(27-11-7-5-9-24(22)27)17-21-8-4-6-10-26(21)31/h4-16,18-19H,3,17H2,1-2H3,(H,32,35,37)/b25-16-/t19-/m0/s1. The van der Waals surface area contributed by atoms with Crippen molar-refractivity contribution in [1.29, 1.82) is 0 Å². The van der Waals surface area contributed by atoms with Gasteiger partial charge in [0.1, 0.15) is 11.4 Å². The third-order valence-electron chi connectivity index (χ3n) is 6.85. The number of fused-ring (bicyclic) bond motifs is 1. The molecule has 4 amide bonds. The average molecular weight is 496 g/mol. The van der Waals surface area contributed by atoms with Gasteiger partial charge in [-0.15, -0.1) is 0 Å².